The Hall–Kier alpha value is -0.870. The minimum atomic E-state index is 0.746. The Balaban J connectivity index is 2.67. The van der Waals surface area contributed by atoms with Crippen LogP contribution >= 0.6 is 15.9 Å². The lowest BCUT2D eigenvalue weighted by Crippen LogP contribution is -2.32. The summed E-state index contributed by atoms with van der Waals surface area (Å²) in [5, 5.41) is 0. The third-order valence-electron chi connectivity index (χ3n) is 1.80. The first-order chi connectivity index (χ1) is 6.76. The van der Waals surface area contributed by atoms with Gasteiger partial charge in [0, 0.05) is 17.4 Å². The van der Waals surface area contributed by atoms with Gasteiger partial charge in [0.25, 0.3) is 0 Å². The molecular weight excluding hydrogens is 242 g/mol. The summed E-state index contributed by atoms with van der Waals surface area (Å²) in [5.41, 5.74) is 3.80. The second-order valence-corrected chi connectivity index (χ2v) is 3.78. The number of hydrogen-bond acceptors (Lipinski definition) is 2. The zero-order valence-electron chi connectivity index (χ0n) is 8.13. The zero-order valence-corrected chi connectivity index (χ0v) is 9.71. The summed E-state index contributed by atoms with van der Waals surface area (Å²) in [7, 11) is 0. The van der Waals surface area contributed by atoms with Crippen LogP contribution in [0.15, 0.2) is 33.7 Å². The molecule has 0 aromatic heterocycles. The second-order valence-electron chi connectivity index (χ2n) is 2.87. The molecule has 0 bridgehead atoms. The van der Waals surface area contributed by atoms with Gasteiger partial charge in [-0.25, -0.2) is 5.84 Å². The molecule has 0 aliphatic heterocycles. The lowest BCUT2D eigenvalue weighted by Gasteiger charge is -2.05. The Morgan fingerprint density at radius 1 is 1.43 bits per heavy atom. The van der Waals surface area contributed by atoms with Crippen LogP contribution in [0.2, 0.25) is 0 Å². The van der Waals surface area contributed by atoms with Crippen molar-refractivity contribution in [2.75, 3.05) is 6.54 Å². The zero-order chi connectivity index (χ0) is 10.4. The second kappa shape index (κ2) is 5.78. The van der Waals surface area contributed by atoms with Gasteiger partial charge in [0.1, 0.15) is 5.84 Å². The number of benzene rings is 1. The standard InChI is InChI=1S/C10H14BrN3/c1-2-13-10(14-12)7-8-3-5-9(11)6-4-8/h3-6H,2,7,12H2,1H3,(H,13,14). The first kappa shape index (κ1) is 11.2. The number of nitrogens with one attached hydrogen (secondary N) is 1. The lowest BCUT2D eigenvalue weighted by molar-refractivity contribution is 0.957. The van der Waals surface area contributed by atoms with Crippen molar-refractivity contribution in [3.63, 3.8) is 0 Å². The highest BCUT2D eigenvalue weighted by atomic mass is 79.9. The van der Waals surface area contributed by atoms with E-state index in [1.54, 1.807) is 0 Å². The molecular formula is C10H14BrN3. The summed E-state index contributed by atoms with van der Waals surface area (Å²) in [6.45, 7) is 2.73. The lowest BCUT2D eigenvalue weighted by atomic mass is 10.1. The van der Waals surface area contributed by atoms with Crippen molar-refractivity contribution in [2.45, 2.75) is 13.3 Å². The summed E-state index contributed by atoms with van der Waals surface area (Å²) < 4.78 is 1.08. The maximum atomic E-state index is 5.35. The third-order valence-corrected chi connectivity index (χ3v) is 2.33. The molecule has 0 saturated heterocycles. The van der Waals surface area contributed by atoms with Gasteiger partial charge in [-0.3, -0.25) is 4.99 Å². The van der Waals surface area contributed by atoms with E-state index in [4.69, 9.17) is 5.84 Å². The maximum absolute atomic E-state index is 5.35. The van der Waals surface area contributed by atoms with Gasteiger partial charge in [-0.1, -0.05) is 28.1 Å². The summed E-state index contributed by atoms with van der Waals surface area (Å²) in [6, 6.07) is 8.12. The third kappa shape index (κ3) is 3.47. The molecule has 0 saturated carbocycles. The van der Waals surface area contributed by atoms with Gasteiger partial charge in [-0.05, 0) is 24.6 Å². The molecule has 0 heterocycles. The number of aliphatic imine (C=N–C) groups is 1. The Kier molecular flexibility index (Phi) is 4.62. The van der Waals surface area contributed by atoms with Gasteiger partial charge in [-0.15, -0.1) is 0 Å². The predicted molar refractivity (Wildman–Crippen MR) is 63.1 cm³/mol. The molecule has 0 radical (unpaired) electrons. The fourth-order valence-corrected chi connectivity index (χ4v) is 1.40. The van der Waals surface area contributed by atoms with E-state index in [9.17, 15) is 0 Å². The minimum Gasteiger partial charge on any atom is -0.312 e. The fourth-order valence-electron chi connectivity index (χ4n) is 1.14. The van der Waals surface area contributed by atoms with E-state index in [0.29, 0.717) is 0 Å². The SMILES string of the molecule is CCN=C(Cc1ccc(Br)cc1)NN. The number of halogens is 1. The average molecular weight is 256 g/mol. The largest absolute Gasteiger partial charge is 0.312 e. The van der Waals surface area contributed by atoms with E-state index in [1.165, 1.54) is 5.56 Å². The number of amidine groups is 1. The van der Waals surface area contributed by atoms with Crippen LogP contribution in [0.5, 0.6) is 0 Å². The molecule has 0 amide bonds. The minimum absolute atomic E-state index is 0.746. The normalized spacial score (nSPS) is 11.5. The molecule has 0 atom stereocenters. The van der Waals surface area contributed by atoms with Crippen molar-refractivity contribution in [2.24, 2.45) is 10.8 Å². The van der Waals surface area contributed by atoms with Crippen LogP contribution in [0, 0.1) is 0 Å². The quantitative estimate of drug-likeness (QED) is 0.375. The van der Waals surface area contributed by atoms with Crippen LogP contribution in [-0.2, 0) is 6.42 Å². The van der Waals surface area contributed by atoms with E-state index in [-0.39, 0.29) is 0 Å². The molecule has 1 aromatic carbocycles. The summed E-state index contributed by atoms with van der Waals surface area (Å²) in [5.74, 6) is 6.16. The van der Waals surface area contributed by atoms with Crippen LogP contribution in [0.4, 0.5) is 0 Å². The summed E-state index contributed by atoms with van der Waals surface area (Å²) in [4.78, 5) is 4.23. The van der Waals surface area contributed by atoms with Gasteiger partial charge in [-0.2, -0.15) is 0 Å². The predicted octanol–water partition coefficient (Wildman–Crippen LogP) is 1.87. The van der Waals surface area contributed by atoms with Crippen molar-refractivity contribution in [1.29, 1.82) is 0 Å². The van der Waals surface area contributed by atoms with Crippen LogP contribution in [0.1, 0.15) is 12.5 Å². The molecule has 0 spiro atoms. The molecule has 3 N–H and O–H groups in total. The van der Waals surface area contributed by atoms with Crippen molar-refractivity contribution >= 4 is 21.8 Å². The number of hydrazine groups is 1. The van der Waals surface area contributed by atoms with Crippen LogP contribution in [-0.4, -0.2) is 12.4 Å². The smallest absolute Gasteiger partial charge is 0.115 e. The number of nitrogens with zero attached hydrogens (tertiary/aromatic N) is 1. The Morgan fingerprint density at radius 2 is 2.07 bits per heavy atom. The van der Waals surface area contributed by atoms with Gasteiger partial charge < -0.3 is 5.43 Å². The van der Waals surface area contributed by atoms with Crippen molar-refractivity contribution in [1.82, 2.24) is 5.43 Å². The summed E-state index contributed by atoms with van der Waals surface area (Å²) >= 11 is 3.39. The fraction of sp³-hybridized carbons (Fsp3) is 0.300. The monoisotopic (exact) mass is 255 g/mol. The Morgan fingerprint density at radius 3 is 2.57 bits per heavy atom. The van der Waals surface area contributed by atoms with E-state index in [0.717, 1.165) is 23.3 Å². The summed E-state index contributed by atoms with van der Waals surface area (Å²) in [6.07, 6.45) is 0.748. The molecule has 14 heavy (non-hydrogen) atoms. The maximum Gasteiger partial charge on any atom is 0.115 e. The van der Waals surface area contributed by atoms with E-state index in [1.807, 2.05) is 31.2 Å². The number of nitrogens with two attached hydrogens (primary N) is 1. The number of rotatable bonds is 3. The highest BCUT2D eigenvalue weighted by Gasteiger charge is 1.98. The van der Waals surface area contributed by atoms with Crippen LogP contribution in [0.25, 0.3) is 0 Å². The Bertz CT molecular complexity index is 306. The molecule has 0 fully saturated rings. The first-order valence-electron chi connectivity index (χ1n) is 4.50. The molecule has 76 valence electrons. The highest BCUT2D eigenvalue weighted by molar-refractivity contribution is 9.10. The molecule has 3 nitrogen and oxygen atoms in total. The molecule has 1 aromatic rings. The van der Waals surface area contributed by atoms with E-state index >= 15 is 0 Å². The van der Waals surface area contributed by atoms with Crippen LogP contribution < -0.4 is 11.3 Å². The molecule has 4 heteroatoms. The average Bonchev–Trinajstić information content (AvgIpc) is 2.20. The van der Waals surface area contributed by atoms with Gasteiger partial charge >= 0.3 is 0 Å². The van der Waals surface area contributed by atoms with Crippen molar-refractivity contribution in [3.8, 4) is 0 Å². The molecule has 0 unspecified atom stereocenters. The highest BCUT2D eigenvalue weighted by Crippen LogP contribution is 2.10. The molecule has 0 aliphatic rings. The van der Waals surface area contributed by atoms with Gasteiger partial charge in [0.2, 0.25) is 0 Å². The van der Waals surface area contributed by atoms with E-state index in [2.05, 4.69) is 26.3 Å². The molecule has 1 rings (SSSR count). The van der Waals surface area contributed by atoms with Gasteiger partial charge in [0.05, 0.1) is 0 Å². The van der Waals surface area contributed by atoms with Crippen LogP contribution in [0.3, 0.4) is 0 Å². The van der Waals surface area contributed by atoms with Crippen molar-refractivity contribution in [3.05, 3.63) is 34.3 Å². The van der Waals surface area contributed by atoms with Gasteiger partial charge in [0.15, 0.2) is 0 Å². The first-order valence-corrected chi connectivity index (χ1v) is 5.30. The van der Waals surface area contributed by atoms with Crippen molar-refractivity contribution < 1.29 is 0 Å². The topological polar surface area (TPSA) is 50.4 Å². The number of hydrogen-bond donors (Lipinski definition) is 2. The molecule has 0 aliphatic carbocycles. The Labute approximate surface area is 92.5 Å². The van der Waals surface area contributed by atoms with E-state index < -0.39 is 0 Å².